The van der Waals surface area contributed by atoms with Gasteiger partial charge in [0.1, 0.15) is 17.2 Å². The van der Waals surface area contributed by atoms with Crippen molar-refractivity contribution in [2.75, 3.05) is 32.8 Å². The molecule has 0 saturated carbocycles. The van der Waals surface area contributed by atoms with Crippen molar-refractivity contribution in [1.29, 1.82) is 0 Å². The smallest absolute Gasteiger partial charge is 0.128 e. The molecule has 1 heterocycles. The number of hydrogen-bond donors (Lipinski definition) is 1. The van der Waals surface area contributed by atoms with E-state index in [4.69, 9.17) is 9.47 Å². The van der Waals surface area contributed by atoms with Crippen LogP contribution in [0.3, 0.4) is 0 Å². The summed E-state index contributed by atoms with van der Waals surface area (Å²) in [5.41, 5.74) is 1.19. The predicted molar refractivity (Wildman–Crippen MR) is 96.9 cm³/mol. The Morgan fingerprint density at radius 1 is 1.00 bits per heavy atom. The Morgan fingerprint density at radius 2 is 1.79 bits per heavy atom. The van der Waals surface area contributed by atoms with Gasteiger partial charge in [0.2, 0.25) is 0 Å². The molecule has 1 fully saturated rings. The zero-order chi connectivity index (χ0) is 16.6. The Kier molecular flexibility index (Phi) is 6.10. The van der Waals surface area contributed by atoms with Gasteiger partial charge >= 0.3 is 0 Å². The lowest BCUT2D eigenvalue weighted by molar-refractivity contribution is 0.227. The highest BCUT2D eigenvalue weighted by atomic mass is 16.5. The Balaban J connectivity index is 1.76. The van der Waals surface area contributed by atoms with Gasteiger partial charge in [0.25, 0.3) is 0 Å². The van der Waals surface area contributed by atoms with Crippen LogP contribution >= 0.6 is 0 Å². The minimum atomic E-state index is 0.743. The van der Waals surface area contributed by atoms with Crippen molar-refractivity contribution in [1.82, 2.24) is 10.2 Å². The summed E-state index contributed by atoms with van der Waals surface area (Å²) in [6.07, 6.45) is 1.01. The number of benzene rings is 2. The van der Waals surface area contributed by atoms with Crippen LogP contribution in [0.15, 0.2) is 48.5 Å². The molecule has 4 heteroatoms. The lowest BCUT2D eigenvalue weighted by atomic mass is 10.1. The van der Waals surface area contributed by atoms with Crippen LogP contribution in [0, 0.1) is 0 Å². The quantitative estimate of drug-likeness (QED) is 0.842. The van der Waals surface area contributed by atoms with E-state index in [0.29, 0.717) is 0 Å². The van der Waals surface area contributed by atoms with Crippen molar-refractivity contribution in [3.63, 3.8) is 0 Å². The van der Waals surface area contributed by atoms with E-state index >= 15 is 0 Å². The maximum absolute atomic E-state index is 5.98. The topological polar surface area (TPSA) is 33.7 Å². The van der Waals surface area contributed by atoms with Gasteiger partial charge in [-0.1, -0.05) is 25.1 Å². The molecule has 1 aliphatic heterocycles. The van der Waals surface area contributed by atoms with Crippen LogP contribution in [0.1, 0.15) is 18.9 Å². The predicted octanol–water partition coefficient (Wildman–Crippen LogP) is 3.67. The van der Waals surface area contributed by atoms with Gasteiger partial charge in [0.15, 0.2) is 0 Å². The van der Waals surface area contributed by atoms with Gasteiger partial charge < -0.3 is 14.8 Å². The maximum atomic E-state index is 5.98. The van der Waals surface area contributed by atoms with Gasteiger partial charge in [0, 0.05) is 38.3 Å². The molecule has 24 heavy (non-hydrogen) atoms. The van der Waals surface area contributed by atoms with Gasteiger partial charge in [-0.15, -0.1) is 0 Å². The second-order valence-corrected chi connectivity index (χ2v) is 6.06. The third kappa shape index (κ3) is 4.73. The first-order valence-electron chi connectivity index (χ1n) is 8.77. The number of nitrogens with zero attached hydrogens (tertiary/aromatic N) is 1. The molecule has 1 N–H and O–H groups in total. The Morgan fingerprint density at radius 3 is 2.54 bits per heavy atom. The first-order valence-corrected chi connectivity index (χ1v) is 8.77. The number of ether oxygens (including phenoxy) is 2. The SMILES string of the molecule is CCCOc1ccc(Oc2ccccc2)cc1CN1CCNCC1. The van der Waals surface area contributed by atoms with Crippen LogP contribution in [0.5, 0.6) is 17.2 Å². The average Bonchev–Trinajstić information content (AvgIpc) is 2.63. The lowest BCUT2D eigenvalue weighted by Crippen LogP contribution is -2.42. The molecule has 0 spiro atoms. The average molecular weight is 326 g/mol. The normalized spacial score (nSPS) is 15.2. The Labute approximate surface area is 144 Å². The summed E-state index contributed by atoms with van der Waals surface area (Å²) in [6, 6.07) is 16.0. The monoisotopic (exact) mass is 326 g/mol. The van der Waals surface area contributed by atoms with Crippen LogP contribution < -0.4 is 14.8 Å². The minimum Gasteiger partial charge on any atom is -0.493 e. The minimum absolute atomic E-state index is 0.743. The van der Waals surface area contributed by atoms with E-state index in [9.17, 15) is 0 Å². The summed E-state index contributed by atoms with van der Waals surface area (Å²) in [7, 11) is 0. The molecule has 1 saturated heterocycles. The molecule has 0 atom stereocenters. The molecule has 0 aliphatic carbocycles. The van der Waals surface area contributed by atoms with Gasteiger partial charge in [-0.3, -0.25) is 4.90 Å². The molecule has 0 amide bonds. The highest BCUT2D eigenvalue weighted by Crippen LogP contribution is 2.29. The van der Waals surface area contributed by atoms with E-state index in [1.54, 1.807) is 0 Å². The fraction of sp³-hybridized carbons (Fsp3) is 0.400. The van der Waals surface area contributed by atoms with Crippen LogP contribution in [0.25, 0.3) is 0 Å². The molecule has 128 valence electrons. The van der Waals surface area contributed by atoms with Crippen molar-refractivity contribution in [3.05, 3.63) is 54.1 Å². The van der Waals surface area contributed by atoms with Gasteiger partial charge in [-0.25, -0.2) is 0 Å². The molecule has 2 aromatic carbocycles. The summed E-state index contributed by atoms with van der Waals surface area (Å²) in [5.74, 6) is 2.68. The highest BCUT2D eigenvalue weighted by molar-refractivity contribution is 5.42. The molecule has 1 aliphatic rings. The first-order chi connectivity index (χ1) is 11.8. The van der Waals surface area contributed by atoms with E-state index < -0.39 is 0 Å². The number of para-hydroxylation sites is 1. The van der Waals surface area contributed by atoms with Crippen molar-refractivity contribution in [2.45, 2.75) is 19.9 Å². The van der Waals surface area contributed by atoms with Crippen LogP contribution in [-0.4, -0.2) is 37.7 Å². The lowest BCUT2D eigenvalue weighted by Gasteiger charge is -2.28. The standard InChI is InChI=1S/C20H26N2O2/c1-2-14-23-20-9-8-19(24-18-6-4-3-5-7-18)15-17(20)16-22-12-10-21-11-13-22/h3-9,15,21H,2,10-14,16H2,1H3. The summed E-state index contributed by atoms with van der Waals surface area (Å²) in [5, 5.41) is 3.40. The van der Waals surface area contributed by atoms with Crippen LogP contribution in [0.4, 0.5) is 0 Å². The second kappa shape index (κ2) is 8.71. The molecule has 0 bridgehead atoms. The van der Waals surface area contributed by atoms with E-state index in [2.05, 4.69) is 23.2 Å². The van der Waals surface area contributed by atoms with E-state index in [1.165, 1.54) is 5.56 Å². The van der Waals surface area contributed by atoms with Gasteiger partial charge in [0.05, 0.1) is 6.61 Å². The molecule has 2 aromatic rings. The second-order valence-electron chi connectivity index (χ2n) is 6.06. The third-order valence-electron chi connectivity index (χ3n) is 4.08. The van der Waals surface area contributed by atoms with Crippen molar-refractivity contribution >= 4 is 0 Å². The largest absolute Gasteiger partial charge is 0.493 e. The highest BCUT2D eigenvalue weighted by Gasteiger charge is 2.14. The molecule has 0 unspecified atom stereocenters. The van der Waals surface area contributed by atoms with E-state index in [0.717, 1.165) is 63.0 Å². The van der Waals surface area contributed by atoms with Gasteiger partial charge in [-0.2, -0.15) is 0 Å². The van der Waals surface area contributed by atoms with Crippen molar-refractivity contribution < 1.29 is 9.47 Å². The summed E-state index contributed by atoms with van der Waals surface area (Å²) in [4.78, 5) is 2.46. The van der Waals surface area contributed by atoms with Crippen LogP contribution in [-0.2, 0) is 6.54 Å². The van der Waals surface area contributed by atoms with E-state index in [1.807, 2.05) is 42.5 Å². The molecular formula is C20H26N2O2. The molecule has 0 aromatic heterocycles. The van der Waals surface area contributed by atoms with Gasteiger partial charge in [-0.05, 0) is 36.8 Å². The fourth-order valence-corrected chi connectivity index (χ4v) is 2.83. The zero-order valence-corrected chi connectivity index (χ0v) is 14.3. The summed E-state index contributed by atoms with van der Waals surface area (Å²) in [6.45, 7) is 7.99. The summed E-state index contributed by atoms with van der Waals surface area (Å²) < 4.78 is 11.9. The van der Waals surface area contributed by atoms with Crippen molar-refractivity contribution in [3.8, 4) is 17.2 Å². The number of hydrogen-bond acceptors (Lipinski definition) is 4. The van der Waals surface area contributed by atoms with Crippen LogP contribution in [0.2, 0.25) is 0 Å². The number of piperazine rings is 1. The third-order valence-corrected chi connectivity index (χ3v) is 4.08. The molecule has 3 rings (SSSR count). The molecule has 0 radical (unpaired) electrons. The summed E-state index contributed by atoms with van der Waals surface area (Å²) >= 11 is 0. The number of rotatable bonds is 7. The number of nitrogens with one attached hydrogen (secondary N) is 1. The van der Waals surface area contributed by atoms with Crippen molar-refractivity contribution in [2.24, 2.45) is 0 Å². The Bertz CT molecular complexity index is 625. The van der Waals surface area contributed by atoms with E-state index in [-0.39, 0.29) is 0 Å². The molecular weight excluding hydrogens is 300 g/mol. The molecule has 4 nitrogen and oxygen atoms in total. The Hall–Kier alpha value is -2.04. The maximum Gasteiger partial charge on any atom is 0.128 e. The first kappa shape index (κ1) is 16.8. The zero-order valence-electron chi connectivity index (χ0n) is 14.3. The fourth-order valence-electron chi connectivity index (χ4n) is 2.83.